The number of fused-ring (bicyclic) bond motifs is 1. The van der Waals surface area contributed by atoms with E-state index < -0.39 is 11.8 Å². The van der Waals surface area contributed by atoms with Gasteiger partial charge in [0.05, 0.1) is 22.7 Å². The van der Waals surface area contributed by atoms with Gasteiger partial charge in [-0.3, -0.25) is 4.57 Å². The van der Waals surface area contributed by atoms with Crippen molar-refractivity contribution in [3.8, 4) is 11.4 Å². The largest absolute Gasteiger partial charge is 0.490 e. The molecule has 1 heterocycles. The molecular weight excluding hydrogens is 342 g/mol. The van der Waals surface area contributed by atoms with Crippen LogP contribution >= 0.6 is 11.6 Å². The van der Waals surface area contributed by atoms with Gasteiger partial charge in [-0.25, -0.2) is 4.79 Å². The van der Waals surface area contributed by atoms with Crippen LogP contribution in [0.1, 0.15) is 6.92 Å². The summed E-state index contributed by atoms with van der Waals surface area (Å²) in [6.45, 7) is 1.73. The van der Waals surface area contributed by atoms with Gasteiger partial charge in [-0.2, -0.15) is 4.98 Å². The first kappa shape index (κ1) is 17.3. The summed E-state index contributed by atoms with van der Waals surface area (Å²) in [5.74, 6) is 0.842. The Labute approximate surface area is 149 Å². The quantitative estimate of drug-likeness (QED) is 0.732. The van der Waals surface area contributed by atoms with Gasteiger partial charge in [-0.1, -0.05) is 29.8 Å². The summed E-state index contributed by atoms with van der Waals surface area (Å²) in [7, 11) is 1.68. The van der Waals surface area contributed by atoms with E-state index in [1.807, 2.05) is 30.3 Å². The Kier molecular flexibility index (Phi) is 4.92. The Hall–Kier alpha value is -2.57. The minimum Gasteiger partial charge on any atom is -0.490 e. The molecule has 0 aliphatic heterocycles. The van der Waals surface area contributed by atoms with Crippen molar-refractivity contribution in [3.63, 3.8) is 0 Å². The third-order valence-corrected chi connectivity index (χ3v) is 3.87. The van der Waals surface area contributed by atoms with Crippen LogP contribution in [0.3, 0.4) is 0 Å². The Balaban J connectivity index is 2.35. The predicted octanol–water partition coefficient (Wildman–Crippen LogP) is 2.84. The number of halogens is 1. The molecular formula is C18H18ClN3O3. The summed E-state index contributed by atoms with van der Waals surface area (Å²) in [6, 6.07) is 12.5. The molecule has 1 aromatic heterocycles. The van der Waals surface area contributed by atoms with Crippen molar-refractivity contribution in [2.75, 3.05) is 19.0 Å². The van der Waals surface area contributed by atoms with E-state index in [2.05, 4.69) is 10.3 Å². The number of nitrogens with zero attached hydrogens (tertiary/aromatic N) is 2. The van der Waals surface area contributed by atoms with Gasteiger partial charge >= 0.3 is 5.69 Å². The number of aliphatic hydroxyl groups excluding tert-OH is 1. The number of aliphatic hydroxyl groups is 1. The molecule has 0 saturated carbocycles. The van der Waals surface area contributed by atoms with Gasteiger partial charge in [-0.05, 0) is 31.2 Å². The Morgan fingerprint density at radius 3 is 2.68 bits per heavy atom. The fourth-order valence-electron chi connectivity index (χ4n) is 2.62. The van der Waals surface area contributed by atoms with Gasteiger partial charge < -0.3 is 15.2 Å². The van der Waals surface area contributed by atoms with Gasteiger partial charge in [-0.15, -0.1) is 0 Å². The van der Waals surface area contributed by atoms with Crippen molar-refractivity contribution in [3.05, 3.63) is 58.0 Å². The van der Waals surface area contributed by atoms with E-state index in [0.717, 1.165) is 0 Å². The van der Waals surface area contributed by atoms with Crippen molar-refractivity contribution in [1.82, 2.24) is 9.55 Å². The first-order valence-electron chi connectivity index (χ1n) is 7.81. The molecule has 0 fully saturated rings. The Morgan fingerprint density at radius 2 is 2.04 bits per heavy atom. The van der Waals surface area contributed by atoms with Crippen LogP contribution in [0, 0.1) is 0 Å². The smallest absolute Gasteiger partial charge is 0.354 e. The predicted molar refractivity (Wildman–Crippen MR) is 99.1 cm³/mol. The molecule has 3 aromatic rings. The van der Waals surface area contributed by atoms with Crippen LogP contribution in [0.4, 0.5) is 5.82 Å². The molecule has 25 heavy (non-hydrogen) atoms. The molecule has 0 saturated heterocycles. The molecule has 0 aliphatic carbocycles. The van der Waals surface area contributed by atoms with E-state index in [1.165, 1.54) is 4.57 Å². The molecule has 7 heteroatoms. The first-order chi connectivity index (χ1) is 12.0. The van der Waals surface area contributed by atoms with Crippen molar-refractivity contribution in [1.29, 1.82) is 0 Å². The summed E-state index contributed by atoms with van der Waals surface area (Å²) >= 11 is 6.25. The zero-order valence-corrected chi connectivity index (χ0v) is 14.6. The maximum absolute atomic E-state index is 12.6. The molecule has 0 bridgehead atoms. The highest BCUT2D eigenvalue weighted by molar-refractivity contribution is 6.31. The zero-order chi connectivity index (χ0) is 18.0. The number of anilines is 1. The molecule has 2 aromatic carbocycles. The zero-order valence-electron chi connectivity index (χ0n) is 13.9. The number of nitrogens with one attached hydrogen (secondary N) is 1. The third-order valence-electron chi connectivity index (χ3n) is 3.65. The molecule has 6 nitrogen and oxygen atoms in total. The minimum atomic E-state index is -0.639. The lowest BCUT2D eigenvalue weighted by molar-refractivity contribution is 0.123. The summed E-state index contributed by atoms with van der Waals surface area (Å²) in [5.41, 5.74) is 0.826. The molecule has 130 valence electrons. The average molecular weight is 360 g/mol. The third kappa shape index (κ3) is 3.45. The van der Waals surface area contributed by atoms with E-state index in [-0.39, 0.29) is 6.61 Å². The number of benzene rings is 2. The van der Waals surface area contributed by atoms with Gasteiger partial charge in [0, 0.05) is 12.1 Å². The van der Waals surface area contributed by atoms with Gasteiger partial charge in [0.2, 0.25) is 0 Å². The second-order valence-electron chi connectivity index (χ2n) is 5.62. The number of ether oxygens (including phenoxy) is 1. The lowest BCUT2D eigenvalue weighted by atomic mass is 10.2. The van der Waals surface area contributed by atoms with Gasteiger partial charge in [0.1, 0.15) is 18.2 Å². The number of aromatic nitrogens is 2. The number of hydrogen-bond donors (Lipinski definition) is 2. The fourth-order valence-corrected chi connectivity index (χ4v) is 2.82. The van der Waals surface area contributed by atoms with E-state index in [9.17, 15) is 9.90 Å². The molecule has 0 amide bonds. The van der Waals surface area contributed by atoms with Crippen LogP contribution < -0.4 is 15.7 Å². The average Bonchev–Trinajstić information content (AvgIpc) is 2.59. The summed E-state index contributed by atoms with van der Waals surface area (Å²) in [6.07, 6.45) is -0.639. The molecule has 0 spiro atoms. The Morgan fingerprint density at radius 1 is 1.32 bits per heavy atom. The van der Waals surface area contributed by atoms with Crippen LogP contribution in [-0.4, -0.2) is 34.4 Å². The van der Waals surface area contributed by atoms with Crippen LogP contribution in [0.25, 0.3) is 16.6 Å². The van der Waals surface area contributed by atoms with Crippen LogP contribution in [0.5, 0.6) is 5.75 Å². The van der Waals surface area contributed by atoms with Crippen molar-refractivity contribution < 1.29 is 9.84 Å². The van der Waals surface area contributed by atoms with Crippen molar-refractivity contribution in [2.24, 2.45) is 0 Å². The van der Waals surface area contributed by atoms with Gasteiger partial charge in [0.25, 0.3) is 0 Å². The molecule has 0 aliphatic rings. The van der Waals surface area contributed by atoms with Gasteiger partial charge in [0.15, 0.2) is 0 Å². The van der Waals surface area contributed by atoms with Crippen molar-refractivity contribution >= 4 is 28.3 Å². The monoisotopic (exact) mass is 359 g/mol. The second-order valence-corrected chi connectivity index (χ2v) is 6.06. The SMILES string of the molecule is CNc1nc(=O)n(-c2ccccc2)c2cc(Cl)cc(OC[C@H](C)O)c12. The van der Waals surface area contributed by atoms with Crippen LogP contribution in [0.2, 0.25) is 5.02 Å². The molecule has 0 radical (unpaired) electrons. The standard InChI is InChI=1S/C18H18ClN3O3/c1-11(23)10-25-15-9-12(19)8-14-16(15)17(20-2)21-18(24)22(14)13-6-4-3-5-7-13/h3-9,11,23H,10H2,1-2H3,(H,20,21,24)/t11-/m0/s1. The molecule has 0 unspecified atom stereocenters. The highest BCUT2D eigenvalue weighted by Gasteiger charge is 2.17. The van der Waals surface area contributed by atoms with Crippen molar-refractivity contribution in [2.45, 2.75) is 13.0 Å². The number of rotatable bonds is 5. The van der Waals surface area contributed by atoms with Crippen LogP contribution in [-0.2, 0) is 0 Å². The van der Waals surface area contributed by atoms with E-state index in [1.54, 1.807) is 26.1 Å². The molecule has 3 rings (SSSR count). The topological polar surface area (TPSA) is 76.4 Å². The summed E-state index contributed by atoms with van der Waals surface area (Å²) < 4.78 is 7.19. The maximum atomic E-state index is 12.6. The molecule has 1 atom stereocenters. The highest BCUT2D eigenvalue weighted by Crippen LogP contribution is 2.34. The number of para-hydroxylation sites is 1. The number of hydrogen-bond acceptors (Lipinski definition) is 5. The van der Waals surface area contributed by atoms with E-state index in [4.69, 9.17) is 16.3 Å². The van der Waals surface area contributed by atoms with Crippen LogP contribution in [0.15, 0.2) is 47.3 Å². The van der Waals surface area contributed by atoms with E-state index in [0.29, 0.717) is 33.2 Å². The van der Waals surface area contributed by atoms with E-state index >= 15 is 0 Å². The maximum Gasteiger partial charge on any atom is 0.354 e. The fraction of sp³-hybridized carbons (Fsp3) is 0.222. The normalized spacial score (nSPS) is 12.2. The Bertz CT molecular complexity index is 955. The lowest BCUT2D eigenvalue weighted by Gasteiger charge is -2.17. The minimum absolute atomic E-state index is 0.100. The summed E-state index contributed by atoms with van der Waals surface area (Å²) in [4.78, 5) is 16.7. The molecule has 2 N–H and O–H groups in total. The summed E-state index contributed by atoms with van der Waals surface area (Å²) in [5, 5.41) is 13.5. The lowest BCUT2D eigenvalue weighted by Crippen LogP contribution is -2.23. The second kappa shape index (κ2) is 7.13. The highest BCUT2D eigenvalue weighted by atomic mass is 35.5. The first-order valence-corrected chi connectivity index (χ1v) is 8.19.